The summed E-state index contributed by atoms with van der Waals surface area (Å²) in [7, 11) is -2.03. The first-order valence-electron chi connectivity index (χ1n) is 10.1. The van der Waals surface area contributed by atoms with E-state index in [4.69, 9.17) is 9.47 Å². The summed E-state index contributed by atoms with van der Waals surface area (Å²) in [6, 6.07) is 5.88. The number of fused-ring (bicyclic) bond motifs is 1. The fourth-order valence-corrected chi connectivity index (χ4v) is 5.68. The molecule has 2 heterocycles. The van der Waals surface area contributed by atoms with Gasteiger partial charge in [0.1, 0.15) is 12.4 Å². The molecule has 1 aromatic rings. The van der Waals surface area contributed by atoms with Crippen molar-refractivity contribution in [2.24, 2.45) is 0 Å². The number of benzene rings is 1. The van der Waals surface area contributed by atoms with Gasteiger partial charge in [-0.15, -0.1) is 0 Å². The Kier molecular flexibility index (Phi) is 5.71. The second kappa shape index (κ2) is 8.28. The number of amides is 1. The third kappa shape index (κ3) is 3.89. The molecule has 2 aliphatic heterocycles. The lowest BCUT2D eigenvalue weighted by atomic mass is 10.0. The Balaban J connectivity index is 1.48. The first-order chi connectivity index (χ1) is 14.4. The molecule has 7 nitrogen and oxygen atoms in total. The highest BCUT2D eigenvalue weighted by Crippen LogP contribution is 2.33. The van der Waals surface area contributed by atoms with E-state index in [1.807, 2.05) is 31.2 Å². The molecule has 0 spiro atoms. The second-order valence-electron chi connectivity index (χ2n) is 7.68. The number of nitrogens with zero attached hydrogens (tertiary/aromatic N) is 2. The van der Waals surface area contributed by atoms with Crippen LogP contribution in [0.15, 0.2) is 53.2 Å². The molecule has 0 N–H and O–H groups in total. The minimum Gasteiger partial charge on any atom is -0.497 e. The van der Waals surface area contributed by atoms with Crippen molar-refractivity contribution in [2.75, 3.05) is 25.1 Å². The van der Waals surface area contributed by atoms with Gasteiger partial charge in [0.05, 0.1) is 17.7 Å². The number of piperidine rings is 1. The Bertz CT molecular complexity index is 1030. The molecule has 30 heavy (non-hydrogen) atoms. The Morgan fingerprint density at radius 1 is 1.13 bits per heavy atom. The Labute approximate surface area is 177 Å². The Morgan fingerprint density at radius 3 is 2.63 bits per heavy atom. The minimum atomic E-state index is -3.59. The number of hydrogen-bond donors (Lipinski definition) is 0. The number of ether oxygens (including phenoxy) is 2. The minimum absolute atomic E-state index is 0.0916. The number of methoxy groups -OCH3 is 1. The number of rotatable bonds is 4. The summed E-state index contributed by atoms with van der Waals surface area (Å²) >= 11 is 0. The predicted octanol–water partition coefficient (Wildman–Crippen LogP) is 3.62. The van der Waals surface area contributed by atoms with E-state index < -0.39 is 10.0 Å². The normalized spacial score (nSPS) is 20.7. The highest BCUT2D eigenvalue weighted by atomic mass is 32.2. The first-order valence-corrected chi connectivity index (χ1v) is 11.5. The monoisotopic (exact) mass is 430 g/mol. The SMILES string of the molecule is COC1=CCC=C(S(=O)(=O)N2CCC(N3C(=O)OCc4cc(C)ccc43)CC2)C=C1. The van der Waals surface area contributed by atoms with Crippen LogP contribution in [0.2, 0.25) is 0 Å². The molecule has 1 amide bonds. The van der Waals surface area contributed by atoms with Crippen LogP contribution in [0.4, 0.5) is 10.5 Å². The lowest BCUT2D eigenvalue weighted by Gasteiger charge is -2.40. The zero-order valence-electron chi connectivity index (χ0n) is 17.2. The van der Waals surface area contributed by atoms with Crippen LogP contribution in [0.3, 0.4) is 0 Å². The van der Waals surface area contributed by atoms with Crippen LogP contribution in [0.1, 0.15) is 30.4 Å². The van der Waals surface area contributed by atoms with Crippen molar-refractivity contribution in [3.05, 3.63) is 64.3 Å². The fraction of sp³-hybridized carbons (Fsp3) is 0.409. The molecule has 1 aromatic carbocycles. The molecule has 0 atom stereocenters. The molecule has 0 aromatic heterocycles. The highest BCUT2D eigenvalue weighted by Gasteiger charge is 2.37. The van der Waals surface area contributed by atoms with Crippen LogP contribution >= 0.6 is 0 Å². The van der Waals surface area contributed by atoms with E-state index in [0.717, 1.165) is 16.8 Å². The quantitative estimate of drug-likeness (QED) is 0.729. The molecule has 3 aliphatic rings. The summed E-state index contributed by atoms with van der Waals surface area (Å²) < 4.78 is 38.3. The molecule has 1 fully saturated rings. The summed E-state index contributed by atoms with van der Waals surface area (Å²) in [6.07, 6.45) is 8.05. The van der Waals surface area contributed by atoms with Gasteiger partial charge < -0.3 is 9.47 Å². The second-order valence-corrected chi connectivity index (χ2v) is 9.62. The number of aryl methyl sites for hydroxylation is 1. The molecule has 1 saturated heterocycles. The van der Waals surface area contributed by atoms with Gasteiger partial charge in [-0.3, -0.25) is 4.90 Å². The van der Waals surface area contributed by atoms with E-state index in [1.165, 1.54) is 4.31 Å². The van der Waals surface area contributed by atoms with Gasteiger partial charge in [0.2, 0.25) is 10.0 Å². The van der Waals surface area contributed by atoms with Crippen LogP contribution in [0.5, 0.6) is 0 Å². The zero-order chi connectivity index (χ0) is 21.3. The van der Waals surface area contributed by atoms with Crippen molar-refractivity contribution in [3.8, 4) is 0 Å². The van der Waals surface area contributed by atoms with Crippen molar-refractivity contribution >= 4 is 21.8 Å². The van der Waals surface area contributed by atoms with E-state index in [2.05, 4.69) is 0 Å². The van der Waals surface area contributed by atoms with E-state index in [-0.39, 0.29) is 23.6 Å². The van der Waals surface area contributed by atoms with Gasteiger partial charge in [0.15, 0.2) is 0 Å². The first kappa shape index (κ1) is 20.7. The molecule has 0 saturated carbocycles. The summed E-state index contributed by atoms with van der Waals surface area (Å²) in [5, 5.41) is 0. The number of carbonyl (C=O) groups excluding carboxylic acids is 1. The number of allylic oxidation sites excluding steroid dienone is 4. The van der Waals surface area contributed by atoms with E-state index in [1.54, 1.807) is 30.2 Å². The average Bonchev–Trinajstić information content (AvgIpc) is 3.00. The van der Waals surface area contributed by atoms with Gasteiger partial charge in [-0.2, -0.15) is 4.31 Å². The lowest BCUT2D eigenvalue weighted by Crippen LogP contribution is -2.50. The van der Waals surface area contributed by atoms with Crippen LogP contribution in [-0.2, 0) is 26.1 Å². The van der Waals surface area contributed by atoms with Crippen molar-refractivity contribution in [1.82, 2.24) is 4.31 Å². The van der Waals surface area contributed by atoms with Gasteiger partial charge in [-0.05, 0) is 50.5 Å². The number of sulfonamides is 1. The van der Waals surface area contributed by atoms with Gasteiger partial charge in [0, 0.05) is 24.7 Å². The Hall–Kier alpha value is -2.58. The largest absolute Gasteiger partial charge is 0.497 e. The lowest BCUT2D eigenvalue weighted by molar-refractivity contribution is 0.136. The number of anilines is 1. The van der Waals surface area contributed by atoms with Crippen molar-refractivity contribution in [2.45, 2.75) is 38.8 Å². The molecule has 0 unspecified atom stereocenters. The molecule has 0 bridgehead atoms. The fourth-order valence-electron chi connectivity index (χ4n) is 4.14. The van der Waals surface area contributed by atoms with Gasteiger partial charge in [-0.1, -0.05) is 23.8 Å². The molecule has 8 heteroatoms. The highest BCUT2D eigenvalue weighted by molar-refractivity contribution is 7.93. The maximum Gasteiger partial charge on any atom is 0.414 e. The third-order valence-corrected chi connectivity index (χ3v) is 7.70. The molecule has 1 aliphatic carbocycles. The van der Waals surface area contributed by atoms with E-state index >= 15 is 0 Å². The topological polar surface area (TPSA) is 76.2 Å². The summed E-state index contributed by atoms with van der Waals surface area (Å²) in [5.74, 6) is 0.646. The summed E-state index contributed by atoms with van der Waals surface area (Å²) in [5.41, 5.74) is 2.97. The van der Waals surface area contributed by atoms with Crippen molar-refractivity contribution in [1.29, 1.82) is 0 Å². The average molecular weight is 431 g/mol. The van der Waals surface area contributed by atoms with Crippen LogP contribution in [0.25, 0.3) is 0 Å². The van der Waals surface area contributed by atoms with E-state index in [0.29, 0.717) is 38.1 Å². The standard InChI is InChI=1S/C22H26N2O5S/c1-16-6-9-21-17(14-16)15-29-22(25)24(21)18-10-12-23(13-11-18)30(26,27)20-5-3-4-19(28-2)7-8-20/h4-9,14,18H,3,10-13,15H2,1-2H3. The van der Waals surface area contributed by atoms with Crippen LogP contribution < -0.4 is 4.90 Å². The van der Waals surface area contributed by atoms with Gasteiger partial charge in [0.25, 0.3) is 0 Å². The molecule has 4 rings (SSSR count). The zero-order valence-corrected chi connectivity index (χ0v) is 18.0. The van der Waals surface area contributed by atoms with Crippen molar-refractivity contribution in [3.63, 3.8) is 0 Å². The van der Waals surface area contributed by atoms with Gasteiger partial charge in [-0.25, -0.2) is 13.2 Å². The third-order valence-electron chi connectivity index (χ3n) is 5.75. The smallest absolute Gasteiger partial charge is 0.414 e. The maximum absolute atomic E-state index is 13.1. The predicted molar refractivity (Wildman–Crippen MR) is 114 cm³/mol. The molecule has 0 radical (unpaired) electrons. The number of hydrogen-bond acceptors (Lipinski definition) is 5. The van der Waals surface area contributed by atoms with Crippen molar-refractivity contribution < 1.29 is 22.7 Å². The Morgan fingerprint density at radius 2 is 1.90 bits per heavy atom. The molecular formula is C22H26N2O5S. The maximum atomic E-state index is 13.1. The summed E-state index contributed by atoms with van der Waals surface area (Å²) in [4.78, 5) is 14.5. The number of carbonyl (C=O) groups is 1. The van der Waals surface area contributed by atoms with Crippen LogP contribution in [-0.4, -0.2) is 45.1 Å². The van der Waals surface area contributed by atoms with Gasteiger partial charge >= 0.3 is 6.09 Å². The molecular weight excluding hydrogens is 404 g/mol. The molecule has 160 valence electrons. The van der Waals surface area contributed by atoms with E-state index in [9.17, 15) is 13.2 Å². The summed E-state index contributed by atoms with van der Waals surface area (Å²) in [6.45, 7) is 2.99. The van der Waals surface area contributed by atoms with Crippen LogP contribution in [0, 0.1) is 6.92 Å². The number of cyclic esters (lactones) is 1.